The highest BCUT2D eigenvalue weighted by Gasteiger charge is 2.49. The molecular formula is C26H40N4O2. The van der Waals surface area contributed by atoms with Gasteiger partial charge in [-0.05, 0) is 49.7 Å². The summed E-state index contributed by atoms with van der Waals surface area (Å²) in [6.45, 7) is 2.76. The molecule has 1 heterocycles. The van der Waals surface area contributed by atoms with Crippen LogP contribution in [0.5, 0.6) is 0 Å². The molecule has 3 rings (SSSR count). The van der Waals surface area contributed by atoms with Crippen LogP contribution in [-0.2, 0) is 4.79 Å². The number of carbonyl (C=O) groups excluding carboxylic acids is 2. The van der Waals surface area contributed by atoms with Crippen molar-refractivity contribution in [3.63, 3.8) is 0 Å². The molecule has 2 fully saturated rings. The molecule has 0 aromatic heterocycles. The second kappa shape index (κ2) is 11.0. The smallest absolute Gasteiger partial charge is 0.254 e. The van der Waals surface area contributed by atoms with Crippen molar-refractivity contribution in [1.29, 1.82) is 5.41 Å². The molecule has 1 aromatic rings. The van der Waals surface area contributed by atoms with E-state index in [0.717, 1.165) is 25.7 Å². The number of likely N-dealkylation sites (N-methyl/N-ethyl adjacent to an activating group) is 1. The second-order valence-electron chi connectivity index (χ2n) is 9.87. The van der Waals surface area contributed by atoms with Crippen LogP contribution in [-0.4, -0.2) is 53.8 Å². The Morgan fingerprint density at radius 2 is 1.94 bits per heavy atom. The van der Waals surface area contributed by atoms with Crippen molar-refractivity contribution in [2.45, 2.75) is 76.7 Å². The Labute approximate surface area is 193 Å². The topological polar surface area (TPSA) is 76.5 Å². The van der Waals surface area contributed by atoms with E-state index in [9.17, 15) is 9.59 Å². The van der Waals surface area contributed by atoms with Crippen LogP contribution in [0.3, 0.4) is 0 Å². The first-order chi connectivity index (χ1) is 15.4. The highest BCUT2D eigenvalue weighted by Crippen LogP contribution is 2.35. The van der Waals surface area contributed by atoms with Crippen LogP contribution in [0.25, 0.3) is 0 Å². The Hall–Kier alpha value is -2.37. The van der Waals surface area contributed by atoms with E-state index in [2.05, 4.69) is 12.2 Å². The number of nitrogens with zero attached hydrogens (tertiary/aromatic N) is 2. The van der Waals surface area contributed by atoms with Crippen molar-refractivity contribution >= 4 is 17.8 Å². The Bertz CT molecular complexity index is 790. The van der Waals surface area contributed by atoms with Crippen molar-refractivity contribution in [3.05, 3.63) is 35.9 Å². The quantitative estimate of drug-likeness (QED) is 0.555. The summed E-state index contributed by atoms with van der Waals surface area (Å²) in [6, 6.07) is 9.37. The fourth-order valence-electron chi connectivity index (χ4n) is 5.55. The predicted octanol–water partition coefficient (Wildman–Crippen LogP) is 4.66. The number of carbonyl (C=O) groups is 2. The van der Waals surface area contributed by atoms with Crippen LogP contribution in [0.1, 0.15) is 81.5 Å². The lowest BCUT2D eigenvalue weighted by molar-refractivity contribution is -0.131. The molecule has 1 aromatic carbocycles. The number of rotatable bonds is 10. The number of amides is 2. The third-order valence-corrected chi connectivity index (χ3v) is 7.34. The van der Waals surface area contributed by atoms with Crippen LogP contribution in [0.15, 0.2) is 30.3 Å². The molecule has 1 unspecified atom stereocenters. The Morgan fingerprint density at radius 3 is 2.53 bits per heavy atom. The van der Waals surface area contributed by atoms with E-state index in [0.29, 0.717) is 24.4 Å². The highest BCUT2D eigenvalue weighted by atomic mass is 16.2. The third-order valence-electron chi connectivity index (χ3n) is 7.34. The molecule has 2 amide bonds. The summed E-state index contributed by atoms with van der Waals surface area (Å²) in [5.41, 5.74) is -0.0337. The zero-order valence-corrected chi connectivity index (χ0v) is 20.0. The van der Waals surface area contributed by atoms with Gasteiger partial charge >= 0.3 is 0 Å². The fourth-order valence-corrected chi connectivity index (χ4v) is 5.55. The SMILES string of the molecule is CCCC(CN(C)C(=O)c1ccccc1)C[C@]1(CCC2CCCCC2)NC(=N)N(C)C1=O. The van der Waals surface area contributed by atoms with E-state index in [1.807, 2.05) is 37.4 Å². The van der Waals surface area contributed by atoms with Crippen molar-refractivity contribution in [2.75, 3.05) is 20.6 Å². The van der Waals surface area contributed by atoms with Crippen LogP contribution in [0, 0.1) is 17.2 Å². The molecule has 6 heteroatoms. The molecule has 1 saturated heterocycles. The number of nitrogens with one attached hydrogen (secondary N) is 2. The number of hydrogen-bond donors (Lipinski definition) is 2. The van der Waals surface area contributed by atoms with Gasteiger partial charge in [-0.15, -0.1) is 0 Å². The van der Waals surface area contributed by atoms with Gasteiger partial charge in [-0.25, -0.2) is 0 Å². The standard InChI is InChI=1S/C26H40N4O2/c1-4-11-21(19-29(2)23(31)22-14-9-6-10-15-22)18-26(24(32)30(3)25(27)28-26)17-16-20-12-7-5-8-13-20/h6,9-10,14-15,20-21H,4-5,7-8,11-13,16-19H2,1-3H3,(H2,27,28)/t21?,26-/m0/s1. The summed E-state index contributed by atoms with van der Waals surface area (Å²) in [6.07, 6.45) is 10.8. The van der Waals surface area contributed by atoms with Gasteiger partial charge in [0.05, 0.1) is 0 Å². The first kappa shape index (κ1) is 24.3. The lowest BCUT2D eigenvalue weighted by Crippen LogP contribution is -2.50. The third kappa shape index (κ3) is 5.70. The zero-order chi connectivity index (χ0) is 23.1. The van der Waals surface area contributed by atoms with E-state index in [1.54, 1.807) is 11.9 Å². The van der Waals surface area contributed by atoms with E-state index >= 15 is 0 Å². The zero-order valence-electron chi connectivity index (χ0n) is 20.0. The first-order valence-electron chi connectivity index (χ1n) is 12.3. The van der Waals surface area contributed by atoms with Gasteiger partial charge in [-0.2, -0.15) is 0 Å². The minimum Gasteiger partial charge on any atom is -0.342 e. The summed E-state index contributed by atoms with van der Waals surface area (Å²) in [4.78, 5) is 29.5. The van der Waals surface area contributed by atoms with Crippen LogP contribution in [0.2, 0.25) is 0 Å². The molecule has 0 radical (unpaired) electrons. The van der Waals surface area contributed by atoms with Gasteiger partial charge in [-0.3, -0.25) is 19.9 Å². The lowest BCUT2D eigenvalue weighted by Gasteiger charge is -2.34. The molecule has 0 spiro atoms. The van der Waals surface area contributed by atoms with E-state index in [1.165, 1.54) is 37.0 Å². The molecule has 1 aliphatic carbocycles. The maximum atomic E-state index is 13.3. The number of hydrogen-bond acceptors (Lipinski definition) is 3. The normalized spacial score (nSPS) is 22.7. The molecule has 2 aliphatic rings. The van der Waals surface area contributed by atoms with E-state index in [4.69, 9.17) is 5.41 Å². The summed E-state index contributed by atoms with van der Waals surface area (Å²) in [5.74, 6) is 1.10. The van der Waals surface area contributed by atoms with Crippen LogP contribution >= 0.6 is 0 Å². The Kier molecular flexibility index (Phi) is 8.32. The first-order valence-corrected chi connectivity index (χ1v) is 12.3. The number of benzene rings is 1. The molecule has 2 N–H and O–H groups in total. The minimum atomic E-state index is -0.722. The fraction of sp³-hybridized carbons (Fsp3) is 0.654. The van der Waals surface area contributed by atoms with Gasteiger partial charge in [-0.1, -0.05) is 63.6 Å². The lowest BCUT2D eigenvalue weighted by atomic mass is 9.77. The van der Waals surface area contributed by atoms with E-state index in [-0.39, 0.29) is 23.7 Å². The molecular weight excluding hydrogens is 400 g/mol. The highest BCUT2D eigenvalue weighted by molar-refractivity contribution is 6.07. The maximum absolute atomic E-state index is 13.3. The molecule has 6 nitrogen and oxygen atoms in total. The van der Waals surface area contributed by atoms with Crippen LogP contribution in [0.4, 0.5) is 0 Å². The Balaban J connectivity index is 1.73. The monoisotopic (exact) mass is 440 g/mol. The van der Waals surface area contributed by atoms with Gasteiger partial charge in [0.25, 0.3) is 11.8 Å². The van der Waals surface area contributed by atoms with E-state index < -0.39 is 5.54 Å². The van der Waals surface area contributed by atoms with Gasteiger partial charge in [0.1, 0.15) is 5.54 Å². The molecule has 1 saturated carbocycles. The molecule has 2 atom stereocenters. The average Bonchev–Trinajstić information content (AvgIpc) is 3.02. The minimum absolute atomic E-state index is 0.0106. The van der Waals surface area contributed by atoms with Crippen LogP contribution < -0.4 is 5.32 Å². The summed E-state index contributed by atoms with van der Waals surface area (Å²) < 4.78 is 0. The Morgan fingerprint density at radius 1 is 1.25 bits per heavy atom. The van der Waals surface area contributed by atoms with Gasteiger partial charge in [0.2, 0.25) is 0 Å². The van der Waals surface area contributed by atoms with Gasteiger partial charge in [0.15, 0.2) is 5.96 Å². The molecule has 32 heavy (non-hydrogen) atoms. The average molecular weight is 441 g/mol. The summed E-state index contributed by atoms with van der Waals surface area (Å²) >= 11 is 0. The van der Waals surface area contributed by atoms with Crippen molar-refractivity contribution in [3.8, 4) is 0 Å². The second-order valence-corrected chi connectivity index (χ2v) is 9.87. The van der Waals surface area contributed by atoms with Gasteiger partial charge in [0, 0.05) is 26.2 Å². The summed E-state index contributed by atoms with van der Waals surface area (Å²) in [7, 11) is 3.55. The van der Waals surface area contributed by atoms with Crippen molar-refractivity contribution in [2.24, 2.45) is 11.8 Å². The van der Waals surface area contributed by atoms with Crippen molar-refractivity contribution in [1.82, 2.24) is 15.1 Å². The molecule has 1 aliphatic heterocycles. The molecule has 0 bridgehead atoms. The number of guanidine groups is 1. The van der Waals surface area contributed by atoms with Gasteiger partial charge < -0.3 is 10.2 Å². The largest absolute Gasteiger partial charge is 0.342 e. The summed E-state index contributed by atoms with van der Waals surface area (Å²) in [5, 5.41) is 11.5. The maximum Gasteiger partial charge on any atom is 0.254 e. The van der Waals surface area contributed by atoms with Crippen molar-refractivity contribution < 1.29 is 9.59 Å². The predicted molar refractivity (Wildman–Crippen MR) is 129 cm³/mol. The molecule has 176 valence electrons.